The molecule has 0 aromatic rings. The summed E-state index contributed by atoms with van der Waals surface area (Å²) in [6, 6.07) is 0.726. The van der Waals surface area contributed by atoms with Crippen molar-refractivity contribution in [2.75, 3.05) is 13.2 Å². The number of hydrogen-bond donors (Lipinski definition) is 1. The summed E-state index contributed by atoms with van der Waals surface area (Å²) in [6.45, 7) is 5.19. The molecular weight excluding hydrogens is 192 g/mol. The molecule has 0 aliphatic carbocycles. The fourth-order valence-electron chi connectivity index (χ4n) is 0.828. The van der Waals surface area contributed by atoms with E-state index in [4.69, 9.17) is 8.85 Å². The Morgan fingerprint density at radius 3 is 2.17 bits per heavy atom. The second kappa shape index (κ2) is 7.79. The van der Waals surface area contributed by atoms with Crippen molar-refractivity contribution in [3.8, 4) is 0 Å². The third-order valence-electron chi connectivity index (χ3n) is 1.30. The molecule has 0 saturated carbocycles. The summed E-state index contributed by atoms with van der Waals surface area (Å²) in [5.41, 5.74) is 0. The number of thiol groups is 1. The minimum absolute atomic E-state index is 0.0908. The summed E-state index contributed by atoms with van der Waals surface area (Å²) in [4.78, 5) is 10.5. The van der Waals surface area contributed by atoms with Gasteiger partial charge in [0.1, 0.15) is 0 Å². The first-order valence-corrected chi connectivity index (χ1v) is 6.36. The zero-order valence-corrected chi connectivity index (χ0v) is 9.63. The van der Waals surface area contributed by atoms with E-state index in [1.807, 2.05) is 13.8 Å². The van der Waals surface area contributed by atoms with Crippen LogP contribution in [0.1, 0.15) is 20.3 Å². The molecule has 0 unspecified atom stereocenters. The maximum atomic E-state index is 10.5. The lowest BCUT2D eigenvalue weighted by Gasteiger charge is -2.13. The molecule has 5 heteroatoms. The predicted octanol–water partition coefficient (Wildman–Crippen LogP) is 1.13. The molecule has 0 saturated heterocycles. The second-order valence-electron chi connectivity index (χ2n) is 2.27. The molecule has 0 N–H and O–H groups in total. The topological polar surface area (TPSA) is 35.5 Å². The van der Waals surface area contributed by atoms with Crippen LogP contribution in [-0.4, -0.2) is 27.6 Å². The van der Waals surface area contributed by atoms with E-state index in [0.717, 1.165) is 6.04 Å². The molecule has 0 rings (SSSR count). The normalized spacial score (nSPS) is 10.7. The fourth-order valence-corrected chi connectivity index (χ4v) is 2.87. The molecule has 0 aromatic carbocycles. The molecular formula is C7H16O3SSi. The van der Waals surface area contributed by atoms with Gasteiger partial charge in [0, 0.05) is 19.6 Å². The highest BCUT2D eigenvalue weighted by atomic mass is 32.1. The highest BCUT2D eigenvalue weighted by Gasteiger charge is 2.12. The Balaban J connectivity index is 3.54. The minimum Gasteiger partial charge on any atom is -0.397 e. The van der Waals surface area contributed by atoms with Crippen molar-refractivity contribution in [2.45, 2.75) is 26.3 Å². The summed E-state index contributed by atoms with van der Waals surface area (Å²) < 4.78 is 10.7. The monoisotopic (exact) mass is 208 g/mol. The average molecular weight is 208 g/mol. The molecule has 0 atom stereocenters. The van der Waals surface area contributed by atoms with Crippen LogP contribution in [0.3, 0.4) is 0 Å². The van der Waals surface area contributed by atoms with Gasteiger partial charge >= 0.3 is 9.28 Å². The van der Waals surface area contributed by atoms with Gasteiger partial charge in [0.05, 0.1) is 0 Å². The minimum atomic E-state index is -1.56. The molecule has 0 radical (unpaired) electrons. The van der Waals surface area contributed by atoms with Crippen molar-refractivity contribution in [1.82, 2.24) is 0 Å². The maximum absolute atomic E-state index is 10.5. The third kappa shape index (κ3) is 6.84. The van der Waals surface area contributed by atoms with Crippen molar-refractivity contribution in [3.63, 3.8) is 0 Å². The number of carbonyl (C=O) groups is 1. The van der Waals surface area contributed by atoms with E-state index in [-0.39, 0.29) is 5.12 Å². The number of rotatable bonds is 7. The van der Waals surface area contributed by atoms with Gasteiger partial charge in [0.25, 0.3) is 0 Å². The molecule has 0 fully saturated rings. The van der Waals surface area contributed by atoms with Crippen LogP contribution in [0.15, 0.2) is 0 Å². The molecule has 0 aliphatic heterocycles. The van der Waals surface area contributed by atoms with Gasteiger partial charge in [-0.25, -0.2) is 0 Å². The smallest absolute Gasteiger partial charge is 0.321 e. The van der Waals surface area contributed by atoms with Crippen molar-refractivity contribution in [3.05, 3.63) is 0 Å². The third-order valence-corrected chi connectivity index (χ3v) is 3.69. The molecule has 72 valence electrons. The second-order valence-corrected chi connectivity index (χ2v) is 4.87. The zero-order valence-electron chi connectivity index (χ0n) is 7.58. The van der Waals surface area contributed by atoms with Crippen LogP contribution >= 0.6 is 12.6 Å². The van der Waals surface area contributed by atoms with Gasteiger partial charge in [-0.05, 0) is 19.9 Å². The Hall–Kier alpha value is 0.157. The van der Waals surface area contributed by atoms with Crippen molar-refractivity contribution >= 4 is 27.0 Å². The Bertz CT molecular complexity index is 126. The molecule has 0 heterocycles. The molecule has 3 nitrogen and oxygen atoms in total. The van der Waals surface area contributed by atoms with Crippen LogP contribution in [0.25, 0.3) is 0 Å². The van der Waals surface area contributed by atoms with Gasteiger partial charge in [-0.2, -0.15) is 0 Å². The average Bonchev–Trinajstić information content (AvgIpc) is 2.01. The van der Waals surface area contributed by atoms with Crippen LogP contribution in [0.2, 0.25) is 6.04 Å². The highest BCUT2D eigenvalue weighted by Crippen LogP contribution is 2.03. The largest absolute Gasteiger partial charge is 0.397 e. The lowest BCUT2D eigenvalue weighted by atomic mass is 10.5. The molecule has 0 spiro atoms. The summed E-state index contributed by atoms with van der Waals surface area (Å²) in [5, 5.41) is -0.0908. The van der Waals surface area contributed by atoms with Crippen LogP contribution in [0.4, 0.5) is 0 Å². The maximum Gasteiger partial charge on any atom is 0.321 e. The van der Waals surface area contributed by atoms with Crippen LogP contribution in [0, 0.1) is 0 Å². The van der Waals surface area contributed by atoms with Crippen LogP contribution < -0.4 is 0 Å². The van der Waals surface area contributed by atoms with E-state index in [1.165, 1.54) is 0 Å². The predicted molar refractivity (Wildman–Crippen MR) is 53.8 cm³/mol. The fraction of sp³-hybridized carbons (Fsp3) is 0.857. The Kier molecular flexibility index (Phi) is 7.89. The van der Waals surface area contributed by atoms with E-state index in [2.05, 4.69) is 12.6 Å². The van der Waals surface area contributed by atoms with E-state index < -0.39 is 9.28 Å². The zero-order chi connectivity index (χ0) is 9.40. The molecule has 0 bridgehead atoms. The Labute approximate surface area is 80.7 Å². The van der Waals surface area contributed by atoms with Crippen molar-refractivity contribution in [2.24, 2.45) is 0 Å². The summed E-state index contributed by atoms with van der Waals surface area (Å²) in [6.07, 6.45) is 0.458. The van der Waals surface area contributed by atoms with Crippen LogP contribution in [0.5, 0.6) is 0 Å². The number of carbonyl (C=O) groups excluding carboxylic acids is 1. The van der Waals surface area contributed by atoms with Gasteiger partial charge in [0.15, 0.2) is 5.12 Å². The first-order chi connectivity index (χ1) is 5.70. The van der Waals surface area contributed by atoms with E-state index in [0.29, 0.717) is 19.6 Å². The first kappa shape index (κ1) is 12.2. The van der Waals surface area contributed by atoms with Gasteiger partial charge in [0.2, 0.25) is 0 Å². The van der Waals surface area contributed by atoms with Gasteiger partial charge in [-0.3, -0.25) is 4.79 Å². The van der Waals surface area contributed by atoms with E-state index >= 15 is 0 Å². The van der Waals surface area contributed by atoms with Gasteiger partial charge in [-0.15, -0.1) is 12.6 Å². The van der Waals surface area contributed by atoms with E-state index in [9.17, 15) is 4.79 Å². The Morgan fingerprint density at radius 2 is 1.83 bits per heavy atom. The SMILES string of the molecule is CCO[SiH](CCC(=O)S)OCC. The van der Waals surface area contributed by atoms with Crippen LogP contribution in [-0.2, 0) is 13.6 Å². The van der Waals surface area contributed by atoms with Crippen molar-refractivity contribution in [1.29, 1.82) is 0 Å². The molecule has 0 aliphatic rings. The summed E-state index contributed by atoms with van der Waals surface area (Å²) in [7, 11) is -1.56. The lowest BCUT2D eigenvalue weighted by Crippen LogP contribution is -2.23. The molecule has 0 aromatic heterocycles. The summed E-state index contributed by atoms with van der Waals surface area (Å²) in [5.74, 6) is 0. The molecule has 0 amide bonds. The lowest BCUT2D eigenvalue weighted by molar-refractivity contribution is -0.110. The first-order valence-electron chi connectivity index (χ1n) is 4.15. The molecule has 12 heavy (non-hydrogen) atoms. The Morgan fingerprint density at radius 1 is 1.33 bits per heavy atom. The summed E-state index contributed by atoms with van der Waals surface area (Å²) >= 11 is 3.68. The quantitative estimate of drug-likeness (QED) is 0.503. The standard InChI is InChI=1S/C7H16O3SSi/c1-3-9-12(10-4-2)6-5-7(8)11/h12H,3-6H2,1-2H3,(H,8,11). The van der Waals surface area contributed by atoms with E-state index in [1.54, 1.807) is 0 Å². The number of hydrogen-bond acceptors (Lipinski definition) is 3. The van der Waals surface area contributed by atoms with Crippen molar-refractivity contribution < 1.29 is 13.6 Å². The van der Waals surface area contributed by atoms with Gasteiger partial charge in [-0.1, -0.05) is 0 Å². The highest BCUT2D eigenvalue weighted by molar-refractivity contribution is 7.96. The van der Waals surface area contributed by atoms with Gasteiger partial charge < -0.3 is 8.85 Å².